The average molecular weight is 547 g/mol. The van der Waals surface area contributed by atoms with Crippen molar-refractivity contribution in [3.63, 3.8) is 0 Å². The number of ketones is 3. The highest BCUT2D eigenvalue weighted by Crippen LogP contribution is 2.38. The van der Waals surface area contributed by atoms with Crippen LogP contribution < -0.4 is 0 Å². The maximum Gasteiger partial charge on any atom is 0.325 e. The number of carboxylic acid groups (broad SMARTS) is 1. The number of aliphatic hydroxyl groups excluding tert-OH is 6. The number of rotatable bonds is 24. The van der Waals surface area contributed by atoms with Gasteiger partial charge in [0.05, 0.1) is 25.7 Å². The number of aliphatic carboxylic acids is 1. The molecule has 0 bridgehead atoms. The molecule has 0 radical (unpaired) electrons. The molecule has 220 valence electrons. The van der Waals surface area contributed by atoms with Crippen LogP contribution in [0.4, 0.5) is 0 Å². The van der Waals surface area contributed by atoms with Crippen LogP contribution >= 0.6 is 0 Å². The van der Waals surface area contributed by atoms with Gasteiger partial charge in [-0.1, -0.05) is 64.0 Å². The molecule has 0 aromatic carbocycles. The predicted octanol–water partition coefficient (Wildman–Crippen LogP) is 0.698. The Balaban J connectivity index is 5.54. The zero-order chi connectivity index (χ0) is 29.1. The molecule has 0 aliphatic heterocycles. The largest absolute Gasteiger partial charge is 0.480 e. The van der Waals surface area contributed by atoms with Gasteiger partial charge in [0, 0.05) is 0 Å². The van der Waals surface area contributed by atoms with E-state index in [9.17, 15) is 54.9 Å². The average Bonchev–Trinajstić information content (AvgIpc) is 2.92. The molecule has 0 aromatic rings. The topological polar surface area (TPSA) is 210 Å². The van der Waals surface area contributed by atoms with Gasteiger partial charge in [-0.3, -0.25) is 19.2 Å². The number of carboxylic acids is 1. The lowest BCUT2D eigenvalue weighted by atomic mass is 9.62. The Morgan fingerprint density at radius 2 is 1.08 bits per heavy atom. The van der Waals surface area contributed by atoms with Crippen LogP contribution in [0.2, 0.25) is 0 Å². The van der Waals surface area contributed by atoms with Crippen LogP contribution in [-0.4, -0.2) is 97.2 Å². The minimum Gasteiger partial charge on any atom is -0.480 e. The summed E-state index contributed by atoms with van der Waals surface area (Å²) in [5, 5.41) is 67.5. The summed E-state index contributed by atoms with van der Waals surface area (Å²) in [7, 11) is 0. The van der Waals surface area contributed by atoms with E-state index in [2.05, 4.69) is 13.0 Å². The molecule has 0 rings (SSSR count). The number of hydrogen-bond donors (Lipinski definition) is 7. The summed E-state index contributed by atoms with van der Waals surface area (Å²) in [6.07, 6.45) is 6.92. The van der Waals surface area contributed by atoms with E-state index < -0.39 is 79.2 Å². The van der Waals surface area contributed by atoms with E-state index in [4.69, 9.17) is 0 Å². The van der Waals surface area contributed by atoms with Gasteiger partial charge >= 0.3 is 5.97 Å². The van der Waals surface area contributed by atoms with Crippen molar-refractivity contribution in [2.75, 3.05) is 19.8 Å². The molecule has 0 aliphatic rings. The lowest BCUT2D eigenvalue weighted by molar-refractivity contribution is -0.176. The van der Waals surface area contributed by atoms with E-state index in [1.165, 1.54) is 32.1 Å². The van der Waals surface area contributed by atoms with Crippen LogP contribution in [0, 0.1) is 11.3 Å². The van der Waals surface area contributed by atoms with Gasteiger partial charge < -0.3 is 35.7 Å². The summed E-state index contributed by atoms with van der Waals surface area (Å²) >= 11 is 0. The smallest absolute Gasteiger partial charge is 0.325 e. The Morgan fingerprint density at radius 1 is 0.658 bits per heavy atom. The molecule has 7 N–H and O–H groups in total. The SMILES string of the molecule is CCCCCCCC/C=C\CCCCCC(C(=O)C(O)CO)C(C(=O)O)(C(=O)C(O)CO)C(=O)C(O)CO. The lowest BCUT2D eigenvalue weighted by Crippen LogP contribution is -2.62. The van der Waals surface area contributed by atoms with Gasteiger partial charge in [0.25, 0.3) is 0 Å². The molecule has 11 nitrogen and oxygen atoms in total. The van der Waals surface area contributed by atoms with Crippen molar-refractivity contribution >= 4 is 23.3 Å². The first-order chi connectivity index (χ1) is 18.1. The van der Waals surface area contributed by atoms with Crippen molar-refractivity contribution in [3.8, 4) is 0 Å². The minimum atomic E-state index is -3.39. The maximum absolute atomic E-state index is 13.0. The van der Waals surface area contributed by atoms with Gasteiger partial charge in [0.2, 0.25) is 0 Å². The number of Topliss-reactive ketones (excluding diaryl/α,β-unsaturated/α-hetero) is 3. The third kappa shape index (κ3) is 10.6. The summed E-state index contributed by atoms with van der Waals surface area (Å²) in [4.78, 5) is 51.3. The van der Waals surface area contributed by atoms with Crippen LogP contribution in [0.3, 0.4) is 0 Å². The van der Waals surface area contributed by atoms with Gasteiger partial charge in [-0.25, -0.2) is 0 Å². The van der Waals surface area contributed by atoms with Crippen molar-refractivity contribution in [2.45, 2.75) is 102 Å². The molecule has 11 heteroatoms. The van der Waals surface area contributed by atoms with Gasteiger partial charge in [0.15, 0.2) is 22.8 Å². The Bertz CT molecular complexity index is 727. The third-order valence-electron chi connectivity index (χ3n) is 6.69. The third-order valence-corrected chi connectivity index (χ3v) is 6.69. The van der Waals surface area contributed by atoms with Crippen LogP contribution in [-0.2, 0) is 19.2 Å². The summed E-state index contributed by atoms with van der Waals surface area (Å²) in [5.74, 6) is -9.12. The molecule has 4 atom stereocenters. The fraction of sp³-hybridized carbons (Fsp3) is 0.778. The molecule has 0 heterocycles. The molecule has 0 amide bonds. The molecular weight excluding hydrogens is 500 g/mol. The van der Waals surface area contributed by atoms with Gasteiger partial charge in [-0.2, -0.15) is 0 Å². The second-order valence-electron chi connectivity index (χ2n) is 9.56. The summed E-state index contributed by atoms with van der Waals surface area (Å²) in [6, 6.07) is 0. The van der Waals surface area contributed by atoms with Crippen LogP contribution in [0.1, 0.15) is 84.0 Å². The highest BCUT2D eigenvalue weighted by Gasteiger charge is 2.63. The van der Waals surface area contributed by atoms with Gasteiger partial charge in [-0.05, 0) is 32.1 Å². The van der Waals surface area contributed by atoms with Crippen LogP contribution in [0.15, 0.2) is 12.2 Å². The second-order valence-corrected chi connectivity index (χ2v) is 9.56. The standard InChI is InChI=1S/C27H46O11/c1-2-3-4-5-6-7-8-9-10-11-12-13-14-15-19(23(34)20(31)16-28)27(26(37)38,24(35)21(32)17-29)25(36)22(33)18-30/h9-10,19-22,28-33H,2-8,11-18H2,1H3,(H,37,38)/b10-9-. The van der Waals surface area contributed by atoms with Crippen molar-refractivity contribution in [1.29, 1.82) is 0 Å². The maximum atomic E-state index is 13.0. The number of carbonyl (C=O) groups is 4. The van der Waals surface area contributed by atoms with E-state index >= 15 is 0 Å². The monoisotopic (exact) mass is 546 g/mol. The first-order valence-electron chi connectivity index (χ1n) is 13.4. The summed E-state index contributed by atoms with van der Waals surface area (Å²) in [6.45, 7) is -1.50. The molecule has 4 unspecified atom stereocenters. The van der Waals surface area contributed by atoms with E-state index in [1.54, 1.807) is 0 Å². The number of carbonyl (C=O) groups excluding carboxylic acids is 3. The quantitative estimate of drug-likeness (QED) is 0.0509. The summed E-state index contributed by atoms with van der Waals surface area (Å²) < 4.78 is 0. The van der Waals surface area contributed by atoms with E-state index in [-0.39, 0.29) is 6.42 Å². The van der Waals surface area contributed by atoms with E-state index in [0.29, 0.717) is 19.3 Å². The predicted molar refractivity (Wildman–Crippen MR) is 138 cm³/mol. The Hall–Kier alpha value is -2.02. The number of hydrogen-bond acceptors (Lipinski definition) is 10. The van der Waals surface area contributed by atoms with Gasteiger partial charge in [-0.15, -0.1) is 0 Å². The first-order valence-corrected chi connectivity index (χ1v) is 13.4. The van der Waals surface area contributed by atoms with Crippen LogP contribution in [0.25, 0.3) is 0 Å². The van der Waals surface area contributed by atoms with E-state index in [1.807, 2.05) is 6.08 Å². The van der Waals surface area contributed by atoms with Gasteiger partial charge in [0.1, 0.15) is 18.3 Å². The molecule has 0 fully saturated rings. The minimum absolute atomic E-state index is 0.139. The highest BCUT2D eigenvalue weighted by molar-refractivity contribution is 6.26. The number of unbranched alkanes of at least 4 members (excludes halogenated alkanes) is 9. The highest BCUT2D eigenvalue weighted by atomic mass is 16.4. The molecular formula is C27H46O11. The molecule has 0 spiro atoms. The molecule has 0 saturated carbocycles. The van der Waals surface area contributed by atoms with Crippen molar-refractivity contribution in [1.82, 2.24) is 0 Å². The van der Waals surface area contributed by atoms with E-state index in [0.717, 1.165) is 12.8 Å². The first kappa shape index (κ1) is 36.0. The normalized spacial score (nSPS) is 16.5. The Labute approximate surface area is 224 Å². The zero-order valence-electron chi connectivity index (χ0n) is 22.3. The fourth-order valence-electron chi connectivity index (χ4n) is 4.48. The lowest BCUT2D eigenvalue weighted by Gasteiger charge is -2.36. The summed E-state index contributed by atoms with van der Waals surface area (Å²) in [5.41, 5.74) is -3.39. The van der Waals surface area contributed by atoms with Crippen molar-refractivity contribution < 1.29 is 54.9 Å². The molecule has 0 saturated heterocycles. The van der Waals surface area contributed by atoms with Crippen LogP contribution in [0.5, 0.6) is 0 Å². The Kier molecular flexibility index (Phi) is 18.9. The molecule has 38 heavy (non-hydrogen) atoms. The number of aliphatic hydroxyl groups is 6. The Morgan fingerprint density at radius 3 is 1.50 bits per heavy atom. The molecule has 0 aromatic heterocycles. The van der Waals surface area contributed by atoms with Crippen molar-refractivity contribution in [3.05, 3.63) is 12.2 Å². The zero-order valence-corrected chi connectivity index (χ0v) is 22.3. The molecule has 0 aliphatic carbocycles. The second kappa shape index (κ2) is 20.0. The van der Waals surface area contributed by atoms with Crippen molar-refractivity contribution in [2.24, 2.45) is 11.3 Å². The number of allylic oxidation sites excluding steroid dienone is 2. The fourth-order valence-corrected chi connectivity index (χ4v) is 4.48.